The van der Waals surface area contributed by atoms with Gasteiger partial charge in [-0.1, -0.05) is 13.3 Å². The van der Waals surface area contributed by atoms with Crippen LogP contribution < -0.4 is 10.1 Å². The molecular weight excluding hydrogens is 256 g/mol. The molecule has 0 aliphatic heterocycles. The van der Waals surface area contributed by atoms with Gasteiger partial charge >= 0.3 is 0 Å². The van der Waals surface area contributed by atoms with E-state index in [9.17, 15) is 5.11 Å². The minimum Gasteiger partial charge on any atom is -0.473 e. The highest BCUT2D eigenvalue weighted by atomic mass is 16.5. The molecule has 1 aromatic rings. The highest BCUT2D eigenvalue weighted by molar-refractivity contribution is 5.52. The molecular formula is C15H26N2O3. The number of rotatable bonds is 10. The lowest BCUT2D eigenvalue weighted by Crippen LogP contribution is -2.25. The molecule has 0 fully saturated rings. The fraction of sp³-hybridized carbons (Fsp3) is 0.667. The number of nitrogens with one attached hydrogen (secondary N) is 1. The van der Waals surface area contributed by atoms with Crippen molar-refractivity contribution in [2.75, 3.05) is 25.1 Å². The van der Waals surface area contributed by atoms with Crippen LogP contribution in [0, 0.1) is 0 Å². The first kappa shape index (κ1) is 16.7. The fourth-order valence-corrected chi connectivity index (χ4v) is 1.59. The van der Waals surface area contributed by atoms with Gasteiger partial charge < -0.3 is 19.9 Å². The van der Waals surface area contributed by atoms with Crippen LogP contribution in [-0.2, 0) is 4.74 Å². The number of nitrogens with zero attached hydrogens (tertiary/aromatic N) is 1. The molecule has 0 amide bonds. The van der Waals surface area contributed by atoms with Crippen LogP contribution in [0.1, 0.15) is 33.6 Å². The van der Waals surface area contributed by atoms with E-state index in [0.717, 1.165) is 18.5 Å². The maximum atomic E-state index is 9.83. The first-order valence-corrected chi connectivity index (χ1v) is 7.24. The van der Waals surface area contributed by atoms with E-state index >= 15 is 0 Å². The van der Waals surface area contributed by atoms with E-state index in [1.54, 1.807) is 6.20 Å². The van der Waals surface area contributed by atoms with Crippen LogP contribution in [0.4, 0.5) is 5.69 Å². The molecule has 0 bridgehead atoms. The lowest BCUT2D eigenvalue weighted by molar-refractivity contribution is 0.0421. The van der Waals surface area contributed by atoms with Crippen molar-refractivity contribution in [3.05, 3.63) is 18.3 Å². The third-order valence-corrected chi connectivity index (χ3v) is 2.60. The van der Waals surface area contributed by atoms with Gasteiger partial charge in [0.1, 0.15) is 0 Å². The summed E-state index contributed by atoms with van der Waals surface area (Å²) >= 11 is 0. The van der Waals surface area contributed by atoms with Gasteiger partial charge in [0, 0.05) is 19.3 Å². The summed E-state index contributed by atoms with van der Waals surface area (Å²) in [6.07, 6.45) is 3.33. The number of hydrogen-bond acceptors (Lipinski definition) is 5. The third-order valence-electron chi connectivity index (χ3n) is 2.60. The highest BCUT2D eigenvalue weighted by Crippen LogP contribution is 2.21. The monoisotopic (exact) mass is 282 g/mol. The average molecular weight is 282 g/mol. The minimum absolute atomic E-state index is 0.0627. The predicted octanol–water partition coefficient (Wildman–Crippen LogP) is 2.46. The topological polar surface area (TPSA) is 63.6 Å². The van der Waals surface area contributed by atoms with E-state index in [1.165, 1.54) is 0 Å². The van der Waals surface area contributed by atoms with E-state index in [-0.39, 0.29) is 6.10 Å². The smallest absolute Gasteiger partial charge is 0.237 e. The summed E-state index contributed by atoms with van der Waals surface area (Å²) in [6.45, 7) is 7.46. The van der Waals surface area contributed by atoms with E-state index in [4.69, 9.17) is 9.47 Å². The van der Waals surface area contributed by atoms with Crippen molar-refractivity contribution in [2.45, 2.75) is 45.8 Å². The van der Waals surface area contributed by atoms with E-state index in [2.05, 4.69) is 17.2 Å². The highest BCUT2D eigenvalue weighted by Gasteiger charge is 2.09. The van der Waals surface area contributed by atoms with Gasteiger partial charge in [0.25, 0.3) is 0 Å². The largest absolute Gasteiger partial charge is 0.473 e. The van der Waals surface area contributed by atoms with Crippen molar-refractivity contribution in [1.29, 1.82) is 0 Å². The number of hydrogen-bond donors (Lipinski definition) is 2. The Balaban J connectivity index is 2.37. The Hall–Kier alpha value is -1.33. The molecule has 1 unspecified atom stereocenters. The number of ether oxygens (including phenoxy) is 2. The van der Waals surface area contributed by atoms with Gasteiger partial charge in [-0.05, 0) is 32.4 Å². The molecule has 1 heterocycles. The van der Waals surface area contributed by atoms with E-state index in [0.29, 0.717) is 25.6 Å². The van der Waals surface area contributed by atoms with Crippen LogP contribution >= 0.6 is 0 Å². The SMILES string of the molecule is CCCCOCC(O)CNc1cccnc1OC(C)C. The first-order chi connectivity index (χ1) is 9.63. The zero-order valence-electron chi connectivity index (χ0n) is 12.6. The normalized spacial score (nSPS) is 12.4. The molecule has 0 aliphatic rings. The Morgan fingerprint density at radius 2 is 2.20 bits per heavy atom. The molecule has 1 aromatic heterocycles. The number of aliphatic hydroxyl groups excluding tert-OH is 1. The summed E-state index contributed by atoms with van der Waals surface area (Å²) in [5.41, 5.74) is 0.786. The van der Waals surface area contributed by atoms with Crippen molar-refractivity contribution < 1.29 is 14.6 Å². The molecule has 0 aliphatic carbocycles. The van der Waals surface area contributed by atoms with Crippen LogP contribution in [0.5, 0.6) is 5.88 Å². The zero-order chi connectivity index (χ0) is 14.8. The molecule has 1 atom stereocenters. The quantitative estimate of drug-likeness (QED) is 0.645. The third kappa shape index (κ3) is 6.73. The van der Waals surface area contributed by atoms with E-state index in [1.807, 2.05) is 26.0 Å². The molecule has 114 valence electrons. The van der Waals surface area contributed by atoms with Crippen LogP contribution in [-0.4, -0.2) is 42.1 Å². The average Bonchev–Trinajstić information content (AvgIpc) is 2.42. The molecule has 1 rings (SSSR count). The molecule has 5 nitrogen and oxygen atoms in total. The maximum Gasteiger partial charge on any atom is 0.237 e. The molecule has 0 radical (unpaired) electrons. The molecule has 20 heavy (non-hydrogen) atoms. The van der Waals surface area contributed by atoms with Crippen molar-refractivity contribution in [3.8, 4) is 5.88 Å². The summed E-state index contributed by atoms with van der Waals surface area (Å²) in [4.78, 5) is 4.19. The van der Waals surface area contributed by atoms with Crippen molar-refractivity contribution in [3.63, 3.8) is 0 Å². The number of pyridine rings is 1. The Labute approximate surface area is 121 Å². The summed E-state index contributed by atoms with van der Waals surface area (Å²) < 4.78 is 11.0. The van der Waals surface area contributed by atoms with E-state index < -0.39 is 6.10 Å². The summed E-state index contributed by atoms with van der Waals surface area (Å²) in [7, 11) is 0. The Bertz CT molecular complexity index is 372. The van der Waals surface area contributed by atoms with Crippen LogP contribution in [0.25, 0.3) is 0 Å². The van der Waals surface area contributed by atoms with Crippen LogP contribution in [0.3, 0.4) is 0 Å². The number of aromatic nitrogens is 1. The van der Waals surface area contributed by atoms with Crippen LogP contribution in [0.15, 0.2) is 18.3 Å². The van der Waals surface area contributed by atoms with Gasteiger partial charge in [0.15, 0.2) is 0 Å². The van der Waals surface area contributed by atoms with Crippen LogP contribution in [0.2, 0.25) is 0 Å². The standard InChI is InChI=1S/C15H26N2O3/c1-4-5-9-19-11-13(18)10-17-14-7-6-8-16-15(14)20-12(2)3/h6-8,12-13,17-18H,4-5,9-11H2,1-3H3. The Morgan fingerprint density at radius 3 is 2.90 bits per heavy atom. The van der Waals surface area contributed by atoms with Gasteiger partial charge in [-0.3, -0.25) is 0 Å². The molecule has 2 N–H and O–H groups in total. The molecule has 0 saturated carbocycles. The molecule has 5 heteroatoms. The van der Waals surface area contributed by atoms with Gasteiger partial charge in [-0.25, -0.2) is 4.98 Å². The van der Waals surface area contributed by atoms with Crippen molar-refractivity contribution in [2.24, 2.45) is 0 Å². The maximum absolute atomic E-state index is 9.83. The molecule has 0 saturated heterocycles. The first-order valence-electron chi connectivity index (χ1n) is 7.24. The van der Waals surface area contributed by atoms with Crippen molar-refractivity contribution in [1.82, 2.24) is 4.98 Å². The summed E-state index contributed by atoms with van der Waals surface area (Å²) in [5, 5.41) is 13.0. The summed E-state index contributed by atoms with van der Waals surface area (Å²) in [6, 6.07) is 3.72. The number of aliphatic hydroxyl groups is 1. The second-order valence-corrected chi connectivity index (χ2v) is 4.99. The number of unbranched alkanes of at least 4 members (excludes halogenated alkanes) is 1. The zero-order valence-corrected chi connectivity index (χ0v) is 12.6. The van der Waals surface area contributed by atoms with Gasteiger partial charge in [-0.15, -0.1) is 0 Å². The van der Waals surface area contributed by atoms with Gasteiger partial charge in [0.05, 0.1) is 24.5 Å². The van der Waals surface area contributed by atoms with Crippen molar-refractivity contribution >= 4 is 5.69 Å². The van der Waals surface area contributed by atoms with Gasteiger partial charge in [0.2, 0.25) is 5.88 Å². The molecule has 0 spiro atoms. The van der Waals surface area contributed by atoms with Gasteiger partial charge in [-0.2, -0.15) is 0 Å². The minimum atomic E-state index is -0.543. The predicted molar refractivity (Wildman–Crippen MR) is 80.2 cm³/mol. The Morgan fingerprint density at radius 1 is 1.40 bits per heavy atom. The lowest BCUT2D eigenvalue weighted by Gasteiger charge is -2.16. The number of anilines is 1. The summed E-state index contributed by atoms with van der Waals surface area (Å²) in [5.74, 6) is 0.557. The lowest BCUT2D eigenvalue weighted by atomic mass is 10.3. The molecule has 0 aromatic carbocycles. The fourth-order valence-electron chi connectivity index (χ4n) is 1.59. The second kappa shape index (κ2) is 9.55. The Kier molecular flexibility index (Phi) is 7.99. The second-order valence-electron chi connectivity index (χ2n) is 4.99.